The summed E-state index contributed by atoms with van der Waals surface area (Å²) in [6.45, 7) is 1.87. The van der Waals surface area contributed by atoms with E-state index in [9.17, 15) is 4.79 Å². The number of hydrogen-bond donors (Lipinski definition) is 1. The summed E-state index contributed by atoms with van der Waals surface area (Å²) >= 11 is 3.16. The number of nitrogens with zero attached hydrogens (tertiary/aromatic N) is 2. The van der Waals surface area contributed by atoms with Crippen molar-refractivity contribution < 1.29 is 4.79 Å². The predicted octanol–water partition coefficient (Wildman–Crippen LogP) is 6.06. The molecule has 1 N–H and O–H groups in total. The first-order valence-electron chi connectivity index (χ1n) is 9.15. The summed E-state index contributed by atoms with van der Waals surface area (Å²) in [5, 5.41) is 3.83. The molecular formula is C23H19N3OS2. The highest BCUT2D eigenvalue weighted by atomic mass is 32.2. The summed E-state index contributed by atoms with van der Waals surface area (Å²) in [6, 6.07) is 21.8. The molecule has 0 aliphatic carbocycles. The van der Waals surface area contributed by atoms with Gasteiger partial charge in [-0.3, -0.25) is 9.78 Å². The molecule has 6 heteroatoms. The maximum Gasteiger partial charge on any atom is 0.267 e. The van der Waals surface area contributed by atoms with Crippen LogP contribution in [-0.4, -0.2) is 15.9 Å². The van der Waals surface area contributed by atoms with E-state index in [1.54, 1.807) is 18.0 Å². The van der Waals surface area contributed by atoms with Crippen LogP contribution in [0.15, 0.2) is 84.0 Å². The molecule has 0 saturated carbocycles. The molecule has 0 radical (unpaired) electrons. The Morgan fingerprint density at radius 2 is 1.83 bits per heavy atom. The topological polar surface area (TPSA) is 54.9 Å². The Bertz CT molecular complexity index is 1090. The normalized spacial score (nSPS) is 10.7. The minimum atomic E-state index is -0.127. The molecule has 0 atom stereocenters. The van der Waals surface area contributed by atoms with E-state index in [0.29, 0.717) is 4.88 Å². The largest absolute Gasteiger partial charge is 0.321 e. The van der Waals surface area contributed by atoms with Gasteiger partial charge in [0.15, 0.2) is 0 Å². The molecule has 0 spiro atoms. The molecule has 144 valence electrons. The minimum absolute atomic E-state index is 0.127. The molecule has 1 amide bonds. The lowest BCUT2D eigenvalue weighted by Crippen LogP contribution is -2.11. The lowest BCUT2D eigenvalue weighted by molar-refractivity contribution is 0.103. The van der Waals surface area contributed by atoms with E-state index in [0.717, 1.165) is 32.6 Å². The van der Waals surface area contributed by atoms with E-state index in [1.165, 1.54) is 16.9 Å². The van der Waals surface area contributed by atoms with Gasteiger partial charge in [-0.25, -0.2) is 4.98 Å². The zero-order chi connectivity index (χ0) is 20.1. The van der Waals surface area contributed by atoms with Gasteiger partial charge in [0.25, 0.3) is 5.91 Å². The molecule has 2 heterocycles. The average molecular weight is 418 g/mol. The van der Waals surface area contributed by atoms with Crippen LogP contribution in [0, 0.1) is 6.92 Å². The van der Waals surface area contributed by atoms with E-state index >= 15 is 0 Å². The van der Waals surface area contributed by atoms with Crippen LogP contribution in [-0.2, 0) is 5.75 Å². The molecule has 0 bridgehead atoms. The predicted molar refractivity (Wildman–Crippen MR) is 120 cm³/mol. The average Bonchev–Trinajstić information content (AvgIpc) is 3.16. The zero-order valence-electron chi connectivity index (χ0n) is 15.8. The number of nitrogens with one attached hydrogen (secondary N) is 1. The minimum Gasteiger partial charge on any atom is -0.321 e. The number of benzene rings is 2. The molecule has 2 aromatic carbocycles. The first-order chi connectivity index (χ1) is 14.2. The van der Waals surface area contributed by atoms with E-state index in [4.69, 9.17) is 0 Å². The Labute approximate surface area is 178 Å². The number of amides is 1. The van der Waals surface area contributed by atoms with Crippen molar-refractivity contribution in [2.24, 2.45) is 0 Å². The van der Waals surface area contributed by atoms with Gasteiger partial charge in [-0.15, -0.1) is 23.1 Å². The van der Waals surface area contributed by atoms with Crippen molar-refractivity contribution in [2.45, 2.75) is 17.6 Å². The van der Waals surface area contributed by atoms with Crippen molar-refractivity contribution >= 4 is 34.7 Å². The Hall–Kier alpha value is -2.96. The van der Waals surface area contributed by atoms with Gasteiger partial charge in [0.2, 0.25) is 0 Å². The standard InChI is InChI=1S/C23H19N3OS2/c1-16-21(29-23(25-16)18-7-3-2-4-8-18)22(27)26-19-9-11-20(12-10-19)28-15-17-6-5-13-24-14-17/h2-14H,15H2,1H3,(H,26,27). The summed E-state index contributed by atoms with van der Waals surface area (Å²) in [5.41, 5.74) is 3.73. The van der Waals surface area contributed by atoms with Gasteiger partial charge in [-0.2, -0.15) is 0 Å². The van der Waals surface area contributed by atoms with Crippen LogP contribution < -0.4 is 5.32 Å². The second kappa shape index (κ2) is 9.03. The number of thioether (sulfide) groups is 1. The van der Waals surface area contributed by atoms with Crippen molar-refractivity contribution in [2.75, 3.05) is 5.32 Å². The number of rotatable bonds is 6. The van der Waals surface area contributed by atoms with Crippen molar-refractivity contribution in [1.82, 2.24) is 9.97 Å². The first kappa shape index (κ1) is 19.4. The van der Waals surface area contributed by atoms with Crippen LogP contribution in [0.25, 0.3) is 10.6 Å². The fourth-order valence-electron chi connectivity index (χ4n) is 2.78. The number of anilines is 1. The van der Waals surface area contributed by atoms with Gasteiger partial charge in [-0.1, -0.05) is 36.4 Å². The second-order valence-corrected chi connectivity index (χ2v) is 8.48. The second-order valence-electron chi connectivity index (χ2n) is 6.43. The van der Waals surface area contributed by atoms with Crippen molar-refractivity contribution in [3.05, 3.63) is 95.3 Å². The molecule has 0 saturated heterocycles. The molecular weight excluding hydrogens is 398 g/mol. The van der Waals surface area contributed by atoms with Gasteiger partial charge in [-0.05, 0) is 42.8 Å². The molecule has 4 rings (SSSR count). The quantitative estimate of drug-likeness (QED) is 0.388. The number of hydrogen-bond acceptors (Lipinski definition) is 5. The highest BCUT2D eigenvalue weighted by molar-refractivity contribution is 7.98. The molecule has 0 aliphatic rings. The first-order valence-corrected chi connectivity index (χ1v) is 11.0. The number of carbonyl (C=O) groups is 1. The van der Waals surface area contributed by atoms with Crippen LogP contribution in [0.2, 0.25) is 0 Å². The number of aryl methyl sites for hydroxylation is 1. The van der Waals surface area contributed by atoms with Gasteiger partial charge in [0, 0.05) is 34.3 Å². The van der Waals surface area contributed by atoms with Gasteiger partial charge >= 0.3 is 0 Å². The van der Waals surface area contributed by atoms with Crippen LogP contribution in [0.5, 0.6) is 0 Å². The maximum atomic E-state index is 12.7. The lowest BCUT2D eigenvalue weighted by atomic mass is 10.2. The summed E-state index contributed by atoms with van der Waals surface area (Å²) in [4.78, 5) is 23.2. The third kappa shape index (κ3) is 4.91. The molecule has 0 aliphatic heterocycles. The molecule has 4 nitrogen and oxygen atoms in total. The summed E-state index contributed by atoms with van der Waals surface area (Å²) in [6.07, 6.45) is 3.65. The van der Waals surface area contributed by atoms with Crippen LogP contribution >= 0.6 is 23.1 Å². The summed E-state index contributed by atoms with van der Waals surface area (Å²) in [7, 11) is 0. The van der Waals surface area contributed by atoms with Crippen molar-refractivity contribution in [3.8, 4) is 10.6 Å². The third-order valence-corrected chi connectivity index (χ3v) is 6.55. The monoisotopic (exact) mass is 417 g/mol. The number of pyridine rings is 1. The summed E-state index contributed by atoms with van der Waals surface area (Å²) in [5.74, 6) is 0.736. The highest BCUT2D eigenvalue weighted by Gasteiger charge is 2.16. The van der Waals surface area contributed by atoms with Gasteiger partial charge in [0.05, 0.1) is 5.69 Å². The Morgan fingerprint density at radius 3 is 2.55 bits per heavy atom. The Morgan fingerprint density at radius 1 is 1.03 bits per heavy atom. The van der Waals surface area contributed by atoms with E-state index in [1.807, 2.05) is 73.8 Å². The Kier molecular flexibility index (Phi) is 6.03. The third-order valence-electron chi connectivity index (χ3n) is 4.26. The van der Waals surface area contributed by atoms with Crippen molar-refractivity contribution in [1.29, 1.82) is 0 Å². The number of carbonyl (C=O) groups excluding carboxylic acids is 1. The fourth-order valence-corrected chi connectivity index (χ4v) is 4.58. The van der Waals surface area contributed by atoms with E-state index in [2.05, 4.69) is 21.4 Å². The van der Waals surface area contributed by atoms with Crippen LogP contribution in [0.3, 0.4) is 0 Å². The van der Waals surface area contributed by atoms with E-state index in [-0.39, 0.29) is 5.91 Å². The lowest BCUT2D eigenvalue weighted by Gasteiger charge is -2.06. The van der Waals surface area contributed by atoms with E-state index < -0.39 is 0 Å². The Balaban J connectivity index is 1.40. The smallest absolute Gasteiger partial charge is 0.267 e. The summed E-state index contributed by atoms with van der Waals surface area (Å²) < 4.78 is 0. The zero-order valence-corrected chi connectivity index (χ0v) is 17.5. The number of thiazole rings is 1. The molecule has 29 heavy (non-hydrogen) atoms. The number of aromatic nitrogens is 2. The molecule has 4 aromatic rings. The van der Waals surface area contributed by atoms with Crippen molar-refractivity contribution in [3.63, 3.8) is 0 Å². The highest BCUT2D eigenvalue weighted by Crippen LogP contribution is 2.29. The fraction of sp³-hybridized carbons (Fsp3) is 0.0870. The molecule has 0 fully saturated rings. The van der Waals surface area contributed by atoms with Gasteiger partial charge in [0.1, 0.15) is 9.88 Å². The van der Waals surface area contributed by atoms with Crippen LogP contribution in [0.1, 0.15) is 20.9 Å². The molecule has 0 unspecified atom stereocenters. The maximum absolute atomic E-state index is 12.7. The van der Waals surface area contributed by atoms with Crippen LogP contribution in [0.4, 0.5) is 5.69 Å². The van der Waals surface area contributed by atoms with Gasteiger partial charge < -0.3 is 5.32 Å². The molecule has 2 aromatic heterocycles. The SMILES string of the molecule is Cc1nc(-c2ccccc2)sc1C(=O)Nc1ccc(SCc2cccnc2)cc1.